The molecule has 8 nitrogen and oxygen atoms in total. The van der Waals surface area contributed by atoms with E-state index in [1.54, 1.807) is 24.3 Å². The van der Waals surface area contributed by atoms with Crippen molar-refractivity contribution in [1.29, 1.82) is 0 Å². The number of nitrogens with one attached hydrogen (secondary N) is 1. The summed E-state index contributed by atoms with van der Waals surface area (Å²) < 4.78 is 37.2. The van der Waals surface area contributed by atoms with Crippen LogP contribution in [0.5, 0.6) is 5.75 Å². The van der Waals surface area contributed by atoms with Gasteiger partial charge in [-0.25, -0.2) is 13.2 Å². The predicted molar refractivity (Wildman–Crippen MR) is 111 cm³/mol. The molecule has 0 bridgehead atoms. The molecule has 0 unspecified atom stereocenters. The van der Waals surface area contributed by atoms with Crippen LogP contribution in [0.4, 0.5) is 5.69 Å². The normalized spacial score (nSPS) is 14.7. The Morgan fingerprint density at radius 3 is 2.50 bits per heavy atom. The molecule has 0 aliphatic carbocycles. The fourth-order valence-electron chi connectivity index (χ4n) is 3.19. The lowest BCUT2D eigenvalue weighted by molar-refractivity contribution is -0.119. The van der Waals surface area contributed by atoms with E-state index < -0.39 is 28.5 Å². The van der Waals surface area contributed by atoms with Gasteiger partial charge in [-0.3, -0.25) is 4.79 Å². The number of methoxy groups -OCH3 is 1. The van der Waals surface area contributed by atoms with Crippen LogP contribution in [0.2, 0.25) is 0 Å². The van der Waals surface area contributed by atoms with Crippen LogP contribution in [-0.4, -0.2) is 51.4 Å². The van der Waals surface area contributed by atoms with E-state index in [9.17, 15) is 18.0 Å². The van der Waals surface area contributed by atoms with Crippen molar-refractivity contribution in [2.75, 3.05) is 32.1 Å². The van der Waals surface area contributed by atoms with Crippen LogP contribution in [0.15, 0.2) is 53.4 Å². The standard InChI is InChI=1S/C21H24N2O6S/c1-28-19-11-4-3-10-18(19)22-20(24)15-29-21(25)16-8-7-9-17(14-16)30(26,27)23-12-5-2-6-13-23/h3-4,7-11,14H,2,5-6,12-13,15H2,1H3,(H,22,24). The van der Waals surface area contributed by atoms with Crippen LogP contribution in [0.1, 0.15) is 29.6 Å². The van der Waals surface area contributed by atoms with Crippen molar-refractivity contribution >= 4 is 27.6 Å². The number of amides is 1. The summed E-state index contributed by atoms with van der Waals surface area (Å²) in [7, 11) is -2.18. The highest BCUT2D eigenvalue weighted by molar-refractivity contribution is 7.89. The second kappa shape index (κ2) is 9.73. The summed E-state index contributed by atoms with van der Waals surface area (Å²) in [6.07, 6.45) is 2.65. The van der Waals surface area contributed by atoms with Crippen LogP contribution < -0.4 is 10.1 Å². The van der Waals surface area contributed by atoms with Crippen LogP contribution in [0.3, 0.4) is 0 Å². The number of nitrogens with zero attached hydrogens (tertiary/aromatic N) is 1. The molecule has 1 fully saturated rings. The Bertz CT molecular complexity index is 1020. The second-order valence-electron chi connectivity index (χ2n) is 6.82. The maximum absolute atomic E-state index is 12.8. The number of esters is 1. The summed E-state index contributed by atoms with van der Waals surface area (Å²) in [5, 5.41) is 2.60. The summed E-state index contributed by atoms with van der Waals surface area (Å²) >= 11 is 0. The first-order chi connectivity index (χ1) is 14.4. The van der Waals surface area contributed by atoms with Crippen molar-refractivity contribution in [2.24, 2.45) is 0 Å². The summed E-state index contributed by atoms with van der Waals surface area (Å²) in [6, 6.07) is 12.5. The Balaban J connectivity index is 1.63. The predicted octanol–water partition coefficient (Wildman–Crippen LogP) is 2.67. The van der Waals surface area contributed by atoms with Crippen LogP contribution >= 0.6 is 0 Å². The molecule has 3 rings (SSSR count). The lowest BCUT2D eigenvalue weighted by Gasteiger charge is -2.25. The van der Waals surface area contributed by atoms with E-state index in [4.69, 9.17) is 9.47 Å². The Morgan fingerprint density at radius 2 is 1.77 bits per heavy atom. The number of ether oxygens (including phenoxy) is 2. The van der Waals surface area contributed by atoms with E-state index in [0.717, 1.165) is 19.3 Å². The van der Waals surface area contributed by atoms with Gasteiger partial charge >= 0.3 is 5.97 Å². The molecule has 1 aliphatic rings. The van der Waals surface area contributed by atoms with E-state index in [1.165, 1.54) is 35.7 Å². The Labute approximate surface area is 175 Å². The van der Waals surface area contributed by atoms with Crippen LogP contribution in [-0.2, 0) is 19.6 Å². The monoisotopic (exact) mass is 432 g/mol. The van der Waals surface area contributed by atoms with Crippen LogP contribution in [0.25, 0.3) is 0 Å². The Kier molecular flexibility index (Phi) is 7.07. The summed E-state index contributed by atoms with van der Waals surface area (Å²) in [4.78, 5) is 24.5. The summed E-state index contributed by atoms with van der Waals surface area (Å²) in [5.74, 6) is -0.835. The van der Waals surface area contributed by atoms with Gasteiger partial charge in [0, 0.05) is 13.1 Å². The number of sulfonamides is 1. The minimum atomic E-state index is -3.67. The van der Waals surface area contributed by atoms with Crippen molar-refractivity contribution < 1.29 is 27.5 Å². The van der Waals surface area contributed by atoms with Gasteiger partial charge in [0.15, 0.2) is 6.61 Å². The topological polar surface area (TPSA) is 102 Å². The van der Waals surface area contributed by atoms with Gasteiger partial charge in [-0.05, 0) is 43.2 Å². The highest BCUT2D eigenvalue weighted by atomic mass is 32.2. The fraction of sp³-hybridized carbons (Fsp3) is 0.333. The van der Waals surface area contributed by atoms with E-state index in [0.29, 0.717) is 24.5 Å². The zero-order valence-corrected chi connectivity index (χ0v) is 17.5. The molecule has 2 aromatic carbocycles. The molecular weight excluding hydrogens is 408 g/mol. The van der Waals surface area contributed by atoms with Gasteiger partial charge in [-0.2, -0.15) is 4.31 Å². The first-order valence-corrected chi connectivity index (χ1v) is 11.1. The number of para-hydroxylation sites is 2. The molecule has 1 saturated heterocycles. The van der Waals surface area contributed by atoms with Gasteiger partial charge in [0.2, 0.25) is 10.0 Å². The quantitative estimate of drug-likeness (QED) is 0.675. The minimum Gasteiger partial charge on any atom is -0.495 e. The maximum atomic E-state index is 12.8. The molecule has 1 N–H and O–H groups in total. The Hall–Kier alpha value is -2.91. The van der Waals surface area contributed by atoms with Gasteiger partial charge in [-0.1, -0.05) is 24.6 Å². The molecule has 0 saturated carbocycles. The van der Waals surface area contributed by atoms with Gasteiger partial charge in [0.1, 0.15) is 5.75 Å². The van der Waals surface area contributed by atoms with Gasteiger partial charge in [-0.15, -0.1) is 0 Å². The molecule has 0 atom stereocenters. The second-order valence-corrected chi connectivity index (χ2v) is 8.76. The number of hydrogen-bond acceptors (Lipinski definition) is 6. The number of piperidine rings is 1. The van der Waals surface area contributed by atoms with E-state index in [2.05, 4.69) is 5.32 Å². The number of carbonyl (C=O) groups is 2. The molecule has 160 valence electrons. The minimum absolute atomic E-state index is 0.0392. The molecule has 2 aromatic rings. The molecule has 1 heterocycles. The van der Waals surface area contributed by atoms with Crippen molar-refractivity contribution in [3.8, 4) is 5.75 Å². The molecule has 30 heavy (non-hydrogen) atoms. The lowest BCUT2D eigenvalue weighted by Crippen LogP contribution is -2.35. The lowest BCUT2D eigenvalue weighted by atomic mass is 10.2. The molecule has 0 radical (unpaired) electrons. The summed E-state index contributed by atoms with van der Waals surface area (Å²) in [5.41, 5.74) is 0.522. The number of anilines is 1. The molecule has 1 amide bonds. The SMILES string of the molecule is COc1ccccc1NC(=O)COC(=O)c1cccc(S(=O)(=O)N2CCCCC2)c1. The molecule has 0 spiro atoms. The first kappa shape index (κ1) is 21.8. The third-order valence-corrected chi connectivity index (χ3v) is 6.63. The third-order valence-electron chi connectivity index (χ3n) is 4.74. The van der Waals surface area contributed by atoms with Gasteiger partial charge in [0.05, 0.1) is 23.3 Å². The van der Waals surface area contributed by atoms with E-state index in [-0.39, 0.29) is 10.5 Å². The third kappa shape index (κ3) is 5.17. The highest BCUT2D eigenvalue weighted by Crippen LogP contribution is 2.23. The number of rotatable bonds is 7. The maximum Gasteiger partial charge on any atom is 0.338 e. The molecule has 1 aliphatic heterocycles. The number of benzene rings is 2. The van der Waals surface area contributed by atoms with Crippen molar-refractivity contribution in [3.63, 3.8) is 0 Å². The first-order valence-electron chi connectivity index (χ1n) is 9.62. The number of carbonyl (C=O) groups excluding carboxylic acids is 2. The number of hydrogen-bond donors (Lipinski definition) is 1. The summed E-state index contributed by atoms with van der Waals surface area (Å²) in [6.45, 7) is 0.431. The highest BCUT2D eigenvalue weighted by Gasteiger charge is 2.26. The molecule has 0 aromatic heterocycles. The average molecular weight is 432 g/mol. The average Bonchev–Trinajstić information content (AvgIpc) is 2.78. The van der Waals surface area contributed by atoms with Crippen molar-refractivity contribution in [2.45, 2.75) is 24.2 Å². The van der Waals surface area contributed by atoms with E-state index >= 15 is 0 Å². The zero-order chi connectivity index (χ0) is 21.6. The zero-order valence-electron chi connectivity index (χ0n) is 16.7. The van der Waals surface area contributed by atoms with Gasteiger partial charge < -0.3 is 14.8 Å². The van der Waals surface area contributed by atoms with E-state index in [1.807, 2.05) is 0 Å². The molecule has 9 heteroatoms. The van der Waals surface area contributed by atoms with Crippen molar-refractivity contribution in [1.82, 2.24) is 4.31 Å². The van der Waals surface area contributed by atoms with Gasteiger partial charge in [0.25, 0.3) is 5.91 Å². The smallest absolute Gasteiger partial charge is 0.338 e. The largest absolute Gasteiger partial charge is 0.495 e. The van der Waals surface area contributed by atoms with Crippen LogP contribution in [0, 0.1) is 0 Å². The fourth-order valence-corrected chi connectivity index (χ4v) is 4.75. The van der Waals surface area contributed by atoms with Crippen molar-refractivity contribution in [3.05, 3.63) is 54.1 Å². The molecular formula is C21H24N2O6S. The Morgan fingerprint density at radius 1 is 1.03 bits per heavy atom.